The molecule has 0 saturated heterocycles. The molecular formula is C17H34N2O4. The molecule has 2 saturated carbocycles. The number of hydrogen-bond donors (Lipinski definition) is 4. The van der Waals surface area contributed by atoms with Crippen LogP contribution in [0.3, 0.4) is 0 Å². The van der Waals surface area contributed by atoms with Gasteiger partial charge in [0, 0.05) is 12.1 Å². The van der Waals surface area contributed by atoms with E-state index in [1.54, 1.807) is 6.92 Å². The third kappa shape index (κ3) is 8.53. The number of nitrogens with one attached hydrogen (secondary N) is 1. The molecule has 2 aliphatic carbocycles. The van der Waals surface area contributed by atoms with Crippen molar-refractivity contribution in [1.82, 2.24) is 5.32 Å². The highest BCUT2D eigenvalue weighted by atomic mass is 16.6. The minimum atomic E-state index is -0.639. The van der Waals surface area contributed by atoms with Crippen molar-refractivity contribution in [3.8, 4) is 0 Å². The number of rotatable bonds is 1. The fourth-order valence-corrected chi connectivity index (χ4v) is 3.08. The topological polar surface area (TPSA) is 105 Å². The summed E-state index contributed by atoms with van der Waals surface area (Å²) in [6.07, 6.45) is 4.37. The number of carbonyl (C=O) groups is 1. The van der Waals surface area contributed by atoms with Crippen molar-refractivity contribution in [1.29, 1.82) is 0 Å². The van der Waals surface area contributed by atoms with Crippen LogP contribution in [0.5, 0.6) is 0 Å². The van der Waals surface area contributed by atoms with Crippen LogP contribution in [-0.4, -0.2) is 45.2 Å². The van der Waals surface area contributed by atoms with Crippen LogP contribution < -0.4 is 11.1 Å². The van der Waals surface area contributed by atoms with Crippen molar-refractivity contribution in [3.63, 3.8) is 0 Å². The third-order valence-corrected chi connectivity index (χ3v) is 4.19. The molecule has 0 aromatic heterocycles. The average molecular weight is 330 g/mol. The number of amides is 1. The van der Waals surface area contributed by atoms with E-state index in [1.165, 1.54) is 0 Å². The summed E-state index contributed by atoms with van der Waals surface area (Å²) < 4.78 is 5.14. The molecule has 0 aromatic carbocycles. The van der Waals surface area contributed by atoms with E-state index in [1.807, 2.05) is 27.7 Å². The Hall–Kier alpha value is -0.850. The maximum atomic E-state index is 11.4. The summed E-state index contributed by atoms with van der Waals surface area (Å²) in [5.41, 5.74) is 3.99. The van der Waals surface area contributed by atoms with E-state index in [9.17, 15) is 15.0 Å². The van der Waals surface area contributed by atoms with Gasteiger partial charge in [-0.1, -0.05) is 0 Å². The number of nitrogens with two attached hydrogens (primary N) is 1. The van der Waals surface area contributed by atoms with Gasteiger partial charge in [-0.15, -0.1) is 0 Å². The number of aliphatic hydroxyl groups is 2. The van der Waals surface area contributed by atoms with Crippen molar-refractivity contribution in [2.75, 3.05) is 0 Å². The molecule has 5 N–H and O–H groups in total. The summed E-state index contributed by atoms with van der Waals surface area (Å²) in [5, 5.41) is 21.8. The first-order valence-electron chi connectivity index (χ1n) is 8.48. The lowest BCUT2D eigenvalue weighted by atomic mass is 10.1. The second-order valence-electron chi connectivity index (χ2n) is 8.58. The molecule has 6 heteroatoms. The van der Waals surface area contributed by atoms with Crippen LogP contribution in [0.4, 0.5) is 4.79 Å². The van der Waals surface area contributed by atoms with E-state index < -0.39 is 22.9 Å². The van der Waals surface area contributed by atoms with Crippen LogP contribution in [0, 0.1) is 0 Å². The summed E-state index contributed by atoms with van der Waals surface area (Å²) in [4.78, 5) is 11.4. The summed E-state index contributed by atoms with van der Waals surface area (Å²) in [5.74, 6) is 0. The Balaban J connectivity index is 0.000000277. The molecule has 0 radical (unpaired) electrons. The lowest BCUT2D eigenvalue weighted by Crippen LogP contribution is -2.38. The lowest BCUT2D eigenvalue weighted by Gasteiger charge is -2.22. The molecule has 0 spiro atoms. The summed E-state index contributed by atoms with van der Waals surface area (Å²) in [7, 11) is 0. The van der Waals surface area contributed by atoms with Gasteiger partial charge >= 0.3 is 6.09 Å². The molecule has 0 aliphatic heterocycles. The Morgan fingerprint density at radius 3 is 1.96 bits per heavy atom. The van der Waals surface area contributed by atoms with E-state index in [0.717, 1.165) is 32.1 Å². The fourth-order valence-electron chi connectivity index (χ4n) is 3.08. The second-order valence-corrected chi connectivity index (χ2v) is 8.58. The molecule has 23 heavy (non-hydrogen) atoms. The molecule has 2 fully saturated rings. The minimum absolute atomic E-state index is 0.0369. The van der Waals surface area contributed by atoms with Crippen molar-refractivity contribution in [2.24, 2.45) is 5.73 Å². The molecule has 0 aromatic rings. The molecule has 2 rings (SSSR count). The Labute approximate surface area is 139 Å². The highest BCUT2D eigenvalue weighted by molar-refractivity contribution is 5.68. The van der Waals surface area contributed by atoms with Gasteiger partial charge < -0.3 is 26.0 Å². The predicted octanol–water partition coefficient (Wildman–Crippen LogP) is 2.06. The Morgan fingerprint density at radius 2 is 1.65 bits per heavy atom. The van der Waals surface area contributed by atoms with Gasteiger partial charge in [0.05, 0.1) is 11.2 Å². The van der Waals surface area contributed by atoms with Crippen LogP contribution in [0.25, 0.3) is 0 Å². The predicted molar refractivity (Wildman–Crippen MR) is 90.1 cm³/mol. The first-order chi connectivity index (χ1) is 10.3. The van der Waals surface area contributed by atoms with E-state index >= 15 is 0 Å². The summed E-state index contributed by atoms with van der Waals surface area (Å²) in [6, 6.07) is 0.278. The zero-order valence-electron chi connectivity index (χ0n) is 15.2. The highest BCUT2D eigenvalue weighted by Crippen LogP contribution is 2.29. The first-order valence-corrected chi connectivity index (χ1v) is 8.48. The molecule has 0 unspecified atom stereocenters. The van der Waals surface area contributed by atoms with Crippen LogP contribution in [0.15, 0.2) is 0 Å². The van der Waals surface area contributed by atoms with Gasteiger partial charge in [-0.3, -0.25) is 0 Å². The van der Waals surface area contributed by atoms with Crippen molar-refractivity contribution in [2.45, 2.75) is 102 Å². The first kappa shape index (κ1) is 20.2. The van der Waals surface area contributed by atoms with Crippen LogP contribution in [0.1, 0.15) is 73.1 Å². The van der Waals surface area contributed by atoms with Crippen molar-refractivity contribution in [3.05, 3.63) is 0 Å². The Kier molecular flexibility index (Phi) is 6.47. The van der Waals surface area contributed by atoms with Gasteiger partial charge in [-0.2, -0.15) is 0 Å². The summed E-state index contributed by atoms with van der Waals surface area (Å²) >= 11 is 0. The van der Waals surface area contributed by atoms with Crippen LogP contribution >= 0.6 is 0 Å². The zero-order chi connectivity index (χ0) is 17.9. The van der Waals surface area contributed by atoms with Gasteiger partial charge in [0.15, 0.2) is 0 Å². The lowest BCUT2D eigenvalue weighted by molar-refractivity contribution is 0.0471. The smallest absolute Gasteiger partial charge is 0.407 e. The normalized spacial score (nSPS) is 37.0. The zero-order valence-corrected chi connectivity index (χ0v) is 15.2. The monoisotopic (exact) mass is 330 g/mol. The summed E-state index contributed by atoms with van der Waals surface area (Å²) in [6.45, 7) is 9.13. The molecule has 4 atom stereocenters. The minimum Gasteiger partial charge on any atom is -0.444 e. The number of carbonyl (C=O) groups excluding carboxylic acids is 1. The van der Waals surface area contributed by atoms with E-state index in [2.05, 4.69) is 5.32 Å². The Morgan fingerprint density at radius 1 is 1.13 bits per heavy atom. The fraction of sp³-hybridized carbons (Fsp3) is 0.941. The van der Waals surface area contributed by atoms with Crippen LogP contribution in [-0.2, 0) is 4.74 Å². The SMILES string of the molecule is CC(C)(C)OC(=O)N[C@@H]1CC[C@@](C)(O)C1.C[C@@]1(O)CC[C@@H](N)C1. The Bertz CT molecular complexity index is 402. The molecule has 0 bridgehead atoms. The van der Waals surface area contributed by atoms with Crippen molar-refractivity contribution >= 4 is 6.09 Å². The molecule has 6 nitrogen and oxygen atoms in total. The number of alkyl carbamates (subject to hydrolysis) is 1. The van der Waals surface area contributed by atoms with Gasteiger partial charge in [0.2, 0.25) is 0 Å². The quantitative estimate of drug-likeness (QED) is 0.589. The molecule has 1 amide bonds. The average Bonchev–Trinajstić information content (AvgIpc) is 2.79. The maximum absolute atomic E-state index is 11.4. The molecular weight excluding hydrogens is 296 g/mol. The molecule has 0 heterocycles. The third-order valence-electron chi connectivity index (χ3n) is 4.19. The molecule has 136 valence electrons. The van der Waals surface area contributed by atoms with Crippen molar-refractivity contribution < 1.29 is 19.7 Å². The highest BCUT2D eigenvalue weighted by Gasteiger charge is 2.34. The van der Waals surface area contributed by atoms with E-state index in [0.29, 0.717) is 6.42 Å². The molecule has 2 aliphatic rings. The van der Waals surface area contributed by atoms with E-state index in [4.69, 9.17) is 10.5 Å². The van der Waals surface area contributed by atoms with E-state index in [-0.39, 0.29) is 12.1 Å². The van der Waals surface area contributed by atoms with Gasteiger partial charge in [-0.05, 0) is 73.1 Å². The van der Waals surface area contributed by atoms with Crippen LogP contribution in [0.2, 0.25) is 0 Å². The largest absolute Gasteiger partial charge is 0.444 e. The second kappa shape index (κ2) is 7.36. The van der Waals surface area contributed by atoms with Gasteiger partial charge in [0.1, 0.15) is 5.60 Å². The van der Waals surface area contributed by atoms with Gasteiger partial charge in [0.25, 0.3) is 0 Å². The number of hydrogen-bond acceptors (Lipinski definition) is 5. The maximum Gasteiger partial charge on any atom is 0.407 e. The van der Waals surface area contributed by atoms with Gasteiger partial charge in [-0.25, -0.2) is 4.79 Å². The standard InChI is InChI=1S/C11H21NO3.C6H13NO/c1-10(2,3)15-9(13)12-8-5-6-11(4,14)7-8;1-6(8)3-2-5(7)4-6/h8,14H,5-7H2,1-4H3,(H,12,13);5,8H,2-4,7H2,1H3/t8-,11-;5-,6-/m11/s1. The number of ether oxygens (including phenoxy) is 1.